The third kappa shape index (κ3) is 7.25. The van der Waals surface area contributed by atoms with Crippen molar-refractivity contribution in [1.82, 2.24) is 14.3 Å². The normalized spacial score (nSPS) is 20.2. The van der Waals surface area contributed by atoms with Crippen molar-refractivity contribution in [2.45, 2.75) is 49.2 Å². The fraction of sp³-hybridized carbons (Fsp3) is 0.407. The SMILES string of the molecule is COc1ccc(C2OCC[C@H]([C@@H](C)Oc3cc(NS(=O)(=O)N4CCC4)nc(SCc4cccc(F)c4F)n3)O2)cc1. The van der Waals surface area contributed by atoms with Crippen molar-refractivity contribution in [3.8, 4) is 11.6 Å². The molecule has 1 aromatic heterocycles. The van der Waals surface area contributed by atoms with Crippen LogP contribution in [0.15, 0.2) is 53.7 Å². The quantitative estimate of drug-likeness (QED) is 0.245. The molecule has 0 saturated carbocycles. The molecule has 0 spiro atoms. The highest BCUT2D eigenvalue weighted by molar-refractivity contribution is 7.98. The molecule has 0 amide bonds. The van der Waals surface area contributed by atoms with Crippen molar-refractivity contribution in [2.24, 2.45) is 0 Å². The molecule has 10 nitrogen and oxygen atoms in total. The maximum absolute atomic E-state index is 14.2. The molecule has 14 heteroatoms. The lowest BCUT2D eigenvalue weighted by Crippen LogP contribution is -2.45. The van der Waals surface area contributed by atoms with Crippen LogP contribution in [0.4, 0.5) is 14.6 Å². The lowest BCUT2D eigenvalue weighted by atomic mass is 10.1. The number of benzene rings is 2. The Labute approximate surface area is 241 Å². The van der Waals surface area contributed by atoms with Crippen molar-refractivity contribution in [2.75, 3.05) is 31.5 Å². The maximum atomic E-state index is 14.2. The number of halogens is 2. The molecule has 2 saturated heterocycles. The number of rotatable bonds is 11. The van der Waals surface area contributed by atoms with Crippen LogP contribution >= 0.6 is 11.8 Å². The van der Waals surface area contributed by atoms with Crippen LogP contribution in [0, 0.1) is 11.6 Å². The zero-order valence-corrected chi connectivity index (χ0v) is 24.1. The molecule has 3 heterocycles. The second kappa shape index (κ2) is 12.9. The van der Waals surface area contributed by atoms with Crippen LogP contribution < -0.4 is 14.2 Å². The van der Waals surface area contributed by atoms with E-state index in [9.17, 15) is 17.2 Å². The fourth-order valence-electron chi connectivity index (χ4n) is 4.21. The number of methoxy groups -OCH3 is 1. The van der Waals surface area contributed by atoms with Crippen LogP contribution in [0.25, 0.3) is 0 Å². The molecular formula is C27H30F2N4O6S2. The Morgan fingerprint density at radius 3 is 2.66 bits per heavy atom. The summed E-state index contributed by atoms with van der Waals surface area (Å²) in [5, 5.41) is 0.128. The number of nitrogens with one attached hydrogen (secondary N) is 1. The largest absolute Gasteiger partial charge is 0.497 e. The Morgan fingerprint density at radius 1 is 1.17 bits per heavy atom. The summed E-state index contributed by atoms with van der Waals surface area (Å²) in [6, 6.07) is 12.7. The van der Waals surface area contributed by atoms with Gasteiger partial charge in [0.05, 0.1) is 19.8 Å². The van der Waals surface area contributed by atoms with Crippen molar-refractivity contribution in [1.29, 1.82) is 0 Å². The summed E-state index contributed by atoms with van der Waals surface area (Å²) >= 11 is 1.02. The molecule has 2 aliphatic rings. The van der Waals surface area contributed by atoms with E-state index in [2.05, 4.69) is 14.7 Å². The molecule has 2 fully saturated rings. The predicted octanol–water partition coefficient (Wildman–Crippen LogP) is 4.69. The van der Waals surface area contributed by atoms with Gasteiger partial charge in [-0.3, -0.25) is 4.72 Å². The number of hydrogen-bond acceptors (Lipinski definition) is 9. The number of nitrogens with zero attached hydrogens (tertiary/aromatic N) is 3. The molecule has 0 bridgehead atoms. The summed E-state index contributed by atoms with van der Waals surface area (Å²) in [7, 11) is -2.22. The second-order valence-corrected chi connectivity index (χ2v) is 12.1. The number of hydrogen-bond donors (Lipinski definition) is 1. The minimum Gasteiger partial charge on any atom is -0.497 e. The smallest absolute Gasteiger partial charge is 0.302 e. The van der Waals surface area contributed by atoms with Gasteiger partial charge in [-0.25, -0.2) is 13.8 Å². The zero-order valence-electron chi connectivity index (χ0n) is 22.5. The maximum Gasteiger partial charge on any atom is 0.302 e. The van der Waals surface area contributed by atoms with Gasteiger partial charge in [-0.05, 0) is 31.5 Å². The van der Waals surface area contributed by atoms with Crippen molar-refractivity contribution in [3.05, 3.63) is 71.3 Å². The summed E-state index contributed by atoms with van der Waals surface area (Å²) in [5.41, 5.74) is 0.955. The van der Waals surface area contributed by atoms with Crippen molar-refractivity contribution >= 4 is 27.8 Å². The number of aromatic nitrogens is 2. The van der Waals surface area contributed by atoms with E-state index in [1.807, 2.05) is 31.2 Å². The van der Waals surface area contributed by atoms with E-state index in [4.69, 9.17) is 18.9 Å². The highest BCUT2D eigenvalue weighted by atomic mass is 32.2. The number of anilines is 1. The van der Waals surface area contributed by atoms with E-state index in [1.54, 1.807) is 7.11 Å². The van der Waals surface area contributed by atoms with Gasteiger partial charge in [-0.1, -0.05) is 36.0 Å². The second-order valence-electron chi connectivity index (χ2n) is 9.50. The molecule has 2 aliphatic heterocycles. The first-order valence-corrected chi connectivity index (χ1v) is 15.4. The first-order valence-electron chi connectivity index (χ1n) is 13.0. The van der Waals surface area contributed by atoms with Gasteiger partial charge in [0, 0.05) is 42.5 Å². The highest BCUT2D eigenvalue weighted by Gasteiger charge is 2.31. The molecule has 0 aliphatic carbocycles. The Bertz CT molecular complexity index is 1460. The fourth-order valence-corrected chi connectivity index (χ4v) is 6.27. The van der Waals surface area contributed by atoms with E-state index < -0.39 is 34.2 Å². The van der Waals surface area contributed by atoms with Gasteiger partial charge in [-0.2, -0.15) is 17.7 Å². The van der Waals surface area contributed by atoms with Crippen LogP contribution in [0.3, 0.4) is 0 Å². The molecule has 0 radical (unpaired) electrons. The summed E-state index contributed by atoms with van der Waals surface area (Å²) in [6.07, 6.45) is -0.104. The molecule has 1 N–H and O–H groups in total. The van der Waals surface area contributed by atoms with Gasteiger partial charge in [0.1, 0.15) is 17.7 Å². The van der Waals surface area contributed by atoms with E-state index in [-0.39, 0.29) is 34.3 Å². The van der Waals surface area contributed by atoms with Gasteiger partial charge in [0.25, 0.3) is 0 Å². The van der Waals surface area contributed by atoms with Crippen LogP contribution in [-0.2, 0) is 25.4 Å². The van der Waals surface area contributed by atoms with E-state index in [0.717, 1.165) is 35.6 Å². The molecule has 1 unspecified atom stereocenters. The standard InChI is InChI=1S/C27H30F2N4O6S2/c1-17(22-11-14-37-26(39-22)18-7-9-20(36-2)10-8-18)38-24-15-23(32-41(34,35)33-12-4-13-33)30-27(31-24)40-16-19-5-3-6-21(28)25(19)29/h3,5-10,15,17,22,26H,4,11-14,16H2,1-2H3,(H,30,31,32)/t17-,22-,26?/m1/s1. The Balaban J connectivity index is 1.32. The van der Waals surface area contributed by atoms with Crippen molar-refractivity contribution < 1.29 is 36.1 Å². The summed E-state index contributed by atoms with van der Waals surface area (Å²) in [4.78, 5) is 8.69. The first kappa shape index (κ1) is 29.5. The third-order valence-corrected chi connectivity index (χ3v) is 9.06. The van der Waals surface area contributed by atoms with E-state index in [1.165, 1.54) is 22.5 Å². The summed E-state index contributed by atoms with van der Waals surface area (Å²) < 4.78 is 80.4. The Kier molecular flexibility index (Phi) is 9.24. The van der Waals surface area contributed by atoms with E-state index in [0.29, 0.717) is 26.1 Å². The molecule has 3 aromatic rings. The molecular weight excluding hydrogens is 578 g/mol. The Hall–Kier alpha value is -3.04. The highest BCUT2D eigenvalue weighted by Crippen LogP contribution is 2.31. The molecule has 3 atom stereocenters. The number of thioether (sulfide) groups is 1. The topological polar surface area (TPSA) is 112 Å². The summed E-state index contributed by atoms with van der Waals surface area (Å²) in [6.45, 7) is 3.09. The molecule has 2 aromatic carbocycles. The predicted molar refractivity (Wildman–Crippen MR) is 148 cm³/mol. The van der Waals surface area contributed by atoms with Gasteiger partial charge in [0.15, 0.2) is 23.1 Å². The molecule has 220 valence electrons. The van der Waals surface area contributed by atoms with Crippen LogP contribution in [0.5, 0.6) is 11.6 Å². The summed E-state index contributed by atoms with van der Waals surface area (Å²) in [5.74, 6) is -1.07. The first-order chi connectivity index (χ1) is 19.7. The van der Waals surface area contributed by atoms with Crippen LogP contribution in [0.2, 0.25) is 0 Å². The minimum absolute atomic E-state index is 0.000296. The third-order valence-electron chi connectivity index (χ3n) is 6.65. The van der Waals surface area contributed by atoms with E-state index >= 15 is 0 Å². The zero-order chi connectivity index (χ0) is 29.0. The van der Waals surface area contributed by atoms with Crippen LogP contribution in [0.1, 0.15) is 37.2 Å². The monoisotopic (exact) mass is 608 g/mol. The lowest BCUT2D eigenvalue weighted by molar-refractivity contribution is -0.233. The lowest BCUT2D eigenvalue weighted by Gasteiger charge is -2.33. The van der Waals surface area contributed by atoms with Gasteiger partial charge in [0.2, 0.25) is 5.88 Å². The minimum atomic E-state index is -3.81. The average Bonchev–Trinajstić information content (AvgIpc) is 2.92. The molecule has 5 rings (SSSR count). The molecule has 41 heavy (non-hydrogen) atoms. The van der Waals surface area contributed by atoms with Crippen LogP contribution in [-0.4, -0.2) is 61.7 Å². The number of ether oxygens (including phenoxy) is 4. The van der Waals surface area contributed by atoms with Gasteiger partial charge < -0.3 is 18.9 Å². The average molecular weight is 609 g/mol. The Morgan fingerprint density at radius 2 is 1.95 bits per heavy atom. The van der Waals surface area contributed by atoms with Gasteiger partial charge >= 0.3 is 10.2 Å². The van der Waals surface area contributed by atoms with Crippen molar-refractivity contribution in [3.63, 3.8) is 0 Å². The van der Waals surface area contributed by atoms with Gasteiger partial charge in [-0.15, -0.1) is 0 Å².